The van der Waals surface area contributed by atoms with Gasteiger partial charge >= 0.3 is 0 Å². The molecule has 0 radical (unpaired) electrons. The summed E-state index contributed by atoms with van der Waals surface area (Å²) in [4.78, 5) is 29.9. The minimum absolute atomic E-state index is 0.0995. The molecule has 1 aliphatic rings. The number of likely N-dealkylation sites (tertiary alicyclic amines) is 1. The fourth-order valence-electron chi connectivity index (χ4n) is 2.45. The molecule has 1 saturated heterocycles. The van der Waals surface area contributed by atoms with Crippen LogP contribution in [0.15, 0.2) is 18.3 Å². The molecule has 0 bridgehead atoms. The van der Waals surface area contributed by atoms with E-state index < -0.39 is 0 Å². The standard InChI is InChI=1S/C15H21N3O2/c1-4-16-14-11(6-5-7-17-14)10-18-12(19)8-15(2,3)9-13(18)20/h5-7H,4,8-10H2,1-3H3,(H,16,17). The molecule has 1 fully saturated rings. The third-order valence-corrected chi connectivity index (χ3v) is 3.43. The summed E-state index contributed by atoms with van der Waals surface area (Å²) in [5.41, 5.74) is 0.639. The van der Waals surface area contributed by atoms with Crippen LogP contribution in [-0.2, 0) is 16.1 Å². The molecule has 5 nitrogen and oxygen atoms in total. The summed E-state index contributed by atoms with van der Waals surface area (Å²) in [6.45, 7) is 6.93. The van der Waals surface area contributed by atoms with E-state index in [0.29, 0.717) is 19.4 Å². The van der Waals surface area contributed by atoms with Crippen molar-refractivity contribution in [1.29, 1.82) is 0 Å². The number of carbonyl (C=O) groups excluding carboxylic acids is 2. The second kappa shape index (κ2) is 5.61. The smallest absolute Gasteiger partial charge is 0.230 e. The van der Waals surface area contributed by atoms with Crippen LogP contribution in [-0.4, -0.2) is 28.2 Å². The summed E-state index contributed by atoms with van der Waals surface area (Å²) in [5, 5.41) is 3.15. The normalized spacial score (nSPS) is 18.2. The Balaban J connectivity index is 2.18. The summed E-state index contributed by atoms with van der Waals surface area (Å²) in [7, 11) is 0. The van der Waals surface area contributed by atoms with Crippen LogP contribution < -0.4 is 5.32 Å². The van der Waals surface area contributed by atoms with Crippen molar-refractivity contribution in [3.05, 3.63) is 23.9 Å². The fraction of sp³-hybridized carbons (Fsp3) is 0.533. The van der Waals surface area contributed by atoms with Crippen molar-refractivity contribution in [2.24, 2.45) is 5.41 Å². The van der Waals surface area contributed by atoms with E-state index in [2.05, 4.69) is 10.3 Å². The lowest BCUT2D eigenvalue weighted by molar-refractivity contribution is -0.153. The van der Waals surface area contributed by atoms with E-state index in [-0.39, 0.29) is 17.2 Å². The van der Waals surface area contributed by atoms with Gasteiger partial charge in [0.15, 0.2) is 0 Å². The zero-order valence-electron chi connectivity index (χ0n) is 12.3. The molecule has 2 rings (SSSR count). The predicted octanol–water partition coefficient (Wildman–Crippen LogP) is 2.19. The van der Waals surface area contributed by atoms with E-state index in [1.54, 1.807) is 6.20 Å². The Kier molecular flexibility index (Phi) is 4.06. The number of nitrogens with zero attached hydrogens (tertiary/aromatic N) is 2. The van der Waals surface area contributed by atoms with E-state index in [0.717, 1.165) is 17.9 Å². The van der Waals surface area contributed by atoms with Crippen molar-refractivity contribution >= 4 is 17.6 Å². The van der Waals surface area contributed by atoms with E-state index in [4.69, 9.17) is 0 Å². The van der Waals surface area contributed by atoms with Crippen LogP contribution in [0.5, 0.6) is 0 Å². The number of aromatic nitrogens is 1. The maximum Gasteiger partial charge on any atom is 0.230 e. The molecule has 1 aromatic rings. The molecule has 0 unspecified atom stereocenters. The molecule has 0 atom stereocenters. The Bertz CT molecular complexity index is 506. The van der Waals surface area contributed by atoms with Gasteiger partial charge in [-0.1, -0.05) is 19.9 Å². The van der Waals surface area contributed by atoms with Gasteiger partial charge in [0.1, 0.15) is 5.82 Å². The molecule has 108 valence electrons. The van der Waals surface area contributed by atoms with Gasteiger partial charge in [-0.2, -0.15) is 0 Å². The molecule has 0 aliphatic carbocycles. The molecule has 1 N–H and O–H groups in total. The van der Waals surface area contributed by atoms with Crippen molar-refractivity contribution in [2.75, 3.05) is 11.9 Å². The average molecular weight is 275 g/mol. The number of imide groups is 1. The number of carbonyl (C=O) groups is 2. The number of amides is 2. The second-order valence-electron chi connectivity index (χ2n) is 5.93. The van der Waals surface area contributed by atoms with Gasteiger partial charge in [0.2, 0.25) is 11.8 Å². The Morgan fingerprint density at radius 3 is 2.55 bits per heavy atom. The predicted molar refractivity (Wildman–Crippen MR) is 77.0 cm³/mol. The number of nitrogens with one attached hydrogen (secondary N) is 1. The maximum atomic E-state index is 12.2. The SMILES string of the molecule is CCNc1ncccc1CN1C(=O)CC(C)(C)CC1=O. The molecule has 2 heterocycles. The minimum atomic E-state index is -0.232. The van der Waals surface area contributed by atoms with Crippen LogP contribution in [0.2, 0.25) is 0 Å². The molecular weight excluding hydrogens is 254 g/mol. The summed E-state index contributed by atoms with van der Waals surface area (Å²) in [6, 6.07) is 3.71. The van der Waals surface area contributed by atoms with Crippen molar-refractivity contribution in [3.63, 3.8) is 0 Å². The molecule has 1 aliphatic heterocycles. The first kappa shape index (κ1) is 14.5. The lowest BCUT2D eigenvalue weighted by Crippen LogP contribution is -2.45. The van der Waals surface area contributed by atoms with Gasteiger partial charge in [-0.3, -0.25) is 14.5 Å². The Morgan fingerprint density at radius 2 is 1.95 bits per heavy atom. The number of anilines is 1. The van der Waals surface area contributed by atoms with Gasteiger partial charge in [0, 0.05) is 31.1 Å². The Labute approximate surface area is 119 Å². The van der Waals surface area contributed by atoms with Crippen molar-refractivity contribution in [3.8, 4) is 0 Å². The largest absolute Gasteiger partial charge is 0.370 e. The summed E-state index contributed by atoms with van der Waals surface area (Å²) < 4.78 is 0. The minimum Gasteiger partial charge on any atom is -0.370 e. The first-order valence-electron chi connectivity index (χ1n) is 6.94. The third-order valence-electron chi connectivity index (χ3n) is 3.43. The van der Waals surface area contributed by atoms with Crippen LogP contribution in [0.3, 0.4) is 0 Å². The molecule has 20 heavy (non-hydrogen) atoms. The molecule has 0 spiro atoms. The van der Waals surface area contributed by atoms with Crippen LogP contribution in [0.4, 0.5) is 5.82 Å². The van der Waals surface area contributed by atoms with Gasteiger partial charge in [0.05, 0.1) is 6.54 Å². The number of piperidine rings is 1. The third kappa shape index (κ3) is 3.15. The number of pyridine rings is 1. The average Bonchev–Trinajstić information content (AvgIpc) is 2.35. The van der Waals surface area contributed by atoms with E-state index in [1.165, 1.54) is 4.90 Å². The summed E-state index contributed by atoms with van der Waals surface area (Å²) in [5.74, 6) is 0.538. The molecule has 5 heteroatoms. The number of hydrogen-bond acceptors (Lipinski definition) is 4. The van der Waals surface area contributed by atoms with E-state index in [9.17, 15) is 9.59 Å². The zero-order chi connectivity index (χ0) is 14.8. The van der Waals surface area contributed by atoms with Crippen molar-refractivity contribution in [1.82, 2.24) is 9.88 Å². The van der Waals surface area contributed by atoms with Gasteiger partial charge < -0.3 is 5.32 Å². The van der Waals surface area contributed by atoms with E-state index >= 15 is 0 Å². The first-order valence-corrected chi connectivity index (χ1v) is 6.94. The van der Waals surface area contributed by atoms with Crippen LogP contribution in [0, 0.1) is 5.41 Å². The maximum absolute atomic E-state index is 12.2. The van der Waals surface area contributed by atoms with E-state index in [1.807, 2.05) is 32.9 Å². The highest BCUT2D eigenvalue weighted by Crippen LogP contribution is 2.32. The fourth-order valence-corrected chi connectivity index (χ4v) is 2.45. The first-order chi connectivity index (χ1) is 9.43. The summed E-state index contributed by atoms with van der Waals surface area (Å²) in [6.07, 6.45) is 2.52. The van der Waals surface area contributed by atoms with Gasteiger partial charge in [-0.25, -0.2) is 4.98 Å². The Hall–Kier alpha value is -1.91. The quantitative estimate of drug-likeness (QED) is 0.856. The zero-order valence-corrected chi connectivity index (χ0v) is 12.3. The van der Waals surface area contributed by atoms with Crippen LogP contribution >= 0.6 is 0 Å². The Morgan fingerprint density at radius 1 is 1.30 bits per heavy atom. The molecule has 2 amide bonds. The molecular formula is C15H21N3O2. The topological polar surface area (TPSA) is 62.3 Å². The summed E-state index contributed by atoms with van der Waals surface area (Å²) >= 11 is 0. The highest BCUT2D eigenvalue weighted by Gasteiger charge is 2.37. The lowest BCUT2D eigenvalue weighted by Gasteiger charge is -2.34. The van der Waals surface area contributed by atoms with Gasteiger partial charge in [-0.15, -0.1) is 0 Å². The van der Waals surface area contributed by atoms with Crippen molar-refractivity contribution < 1.29 is 9.59 Å². The second-order valence-corrected chi connectivity index (χ2v) is 5.93. The van der Waals surface area contributed by atoms with Gasteiger partial charge in [-0.05, 0) is 18.4 Å². The molecule has 1 aromatic heterocycles. The number of rotatable bonds is 4. The number of hydrogen-bond donors (Lipinski definition) is 1. The highest BCUT2D eigenvalue weighted by atomic mass is 16.2. The van der Waals surface area contributed by atoms with Crippen molar-refractivity contribution in [2.45, 2.75) is 40.2 Å². The van der Waals surface area contributed by atoms with Gasteiger partial charge in [0.25, 0.3) is 0 Å². The monoisotopic (exact) mass is 275 g/mol. The van der Waals surface area contributed by atoms with Crippen LogP contribution in [0.1, 0.15) is 39.2 Å². The lowest BCUT2D eigenvalue weighted by atomic mass is 9.81. The van der Waals surface area contributed by atoms with Crippen LogP contribution in [0.25, 0.3) is 0 Å². The highest BCUT2D eigenvalue weighted by molar-refractivity contribution is 5.98. The molecule has 0 saturated carbocycles. The molecule has 0 aromatic carbocycles.